The van der Waals surface area contributed by atoms with Crippen LogP contribution in [-0.4, -0.2) is 56.1 Å². The average Bonchev–Trinajstić information content (AvgIpc) is 2.95. The van der Waals surface area contributed by atoms with Gasteiger partial charge < -0.3 is 9.74 Å². The van der Waals surface area contributed by atoms with E-state index >= 15 is 0 Å². The molecule has 1 saturated heterocycles. The quantitative estimate of drug-likeness (QED) is 0.526. The number of amides is 1. The highest BCUT2D eigenvalue weighted by Gasteiger charge is 2.34. The highest BCUT2D eigenvalue weighted by Crippen LogP contribution is 2.22. The number of oxime groups is 1. The largest absolute Gasteiger partial charge is 0.386 e. The second kappa shape index (κ2) is 8.87. The molecular weight excluding hydrogens is 364 g/mol. The van der Waals surface area contributed by atoms with Crippen molar-refractivity contribution >= 4 is 22.0 Å². The summed E-state index contributed by atoms with van der Waals surface area (Å²) in [5.41, 5.74) is 2.22. The molecule has 1 atom stereocenters. The van der Waals surface area contributed by atoms with Gasteiger partial charge in [-0.05, 0) is 29.4 Å². The van der Waals surface area contributed by atoms with E-state index in [2.05, 4.69) is 38.1 Å². The van der Waals surface area contributed by atoms with Crippen LogP contribution >= 0.6 is 0 Å². The zero-order valence-corrected chi connectivity index (χ0v) is 17.5. The van der Waals surface area contributed by atoms with Gasteiger partial charge in [-0.25, -0.2) is 8.42 Å². The summed E-state index contributed by atoms with van der Waals surface area (Å²) in [7, 11) is -3.03. The Bertz CT molecular complexity index is 764. The molecule has 150 valence electrons. The van der Waals surface area contributed by atoms with E-state index < -0.39 is 9.84 Å². The van der Waals surface area contributed by atoms with Crippen LogP contribution in [0, 0.1) is 0 Å². The van der Waals surface area contributed by atoms with E-state index in [0.717, 1.165) is 12.0 Å². The van der Waals surface area contributed by atoms with Crippen LogP contribution in [-0.2, 0) is 24.9 Å². The van der Waals surface area contributed by atoms with E-state index in [1.165, 1.54) is 5.56 Å². The topological polar surface area (TPSA) is 76.0 Å². The summed E-state index contributed by atoms with van der Waals surface area (Å²) in [4.78, 5) is 19.2. The summed E-state index contributed by atoms with van der Waals surface area (Å²) in [5.74, 6) is -0.0316. The van der Waals surface area contributed by atoms with Gasteiger partial charge in [-0.2, -0.15) is 0 Å². The molecule has 1 aromatic rings. The van der Waals surface area contributed by atoms with Crippen molar-refractivity contribution in [2.45, 2.75) is 52.0 Å². The zero-order chi connectivity index (χ0) is 20.1. The second-order valence-corrected chi connectivity index (χ2v) is 10.3. The number of benzene rings is 1. The van der Waals surface area contributed by atoms with Crippen LogP contribution in [0.1, 0.15) is 51.7 Å². The molecule has 0 aliphatic carbocycles. The predicted octanol–water partition coefficient (Wildman–Crippen LogP) is 2.76. The molecule has 0 aromatic heterocycles. The second-order valence-electron chi connectivity index (χ2n) is 8.02. The van der Waals surface area contributed by atoms with Gasteiger partial charge in [0.15, 0.2) is 16.4 Å². The average molecular weight is 395 g/mol. The normalized spacial score (nSPS) is 19.3. The molecule has 0 bridgehead atoms. The van der Waals surface area contributed by atoms with Crippen molar-refractivity contribution in [2.75, 3.05) is 24.7 Å². The van der Waals surface area contributed by atoms with E-state index in [4.69, 9.17) is 4.84 Å². The number of carbonyl (C=O) groups excluding carboxylic acids is 1. The van der Waals surface area contributed by atoms with E-state index in [9.17, 15) is 13.2 Å². The minimum Gasteiger partial charge on any atom is -0.386 e. The molecule has 0 saturated carbocycles. The fraction of sp³-hybridized carbons (Fsp3) is 0.600. The van der Waals surface area contributed by atoms with Gasteiger partial charge in [0, 0.05) is 12.6 Å². The molecule has 0 N–H and O–H groups in total. The van der Waals surface area contributed by atoms with Crippen LogP contribution in [0.2, 0.25) is 0 Å². The zero-order valence-electron chi connectivity index (χ0n) is 16.6. The number of carbonyl (C=O) groups is 1. The van der Waals surface area contributed by atoms with Crippen molar-refractivity contribution in [1.82, 2.24) is 4.90 Å². The first-order valence-electron chi connectivity index (χ1n) is 9.38. The molecule has 1 aromatic carbocycles. The molecule has 7 heteroatoms. The fourth-order valence-electron chi connectivity index (χ4n) is 3.12. The van der Waals surface area contributed by atoms with Gasteiger partial charge in [0.05, 0.1) is 17.7 Å². The number of hydrogen-bond acceptors (Lipinski definition) is 5. The lowest BCUT2D eigenvalue weighted by Gasteiger charge is -2.27. The van der Waals surface area contributed by atoms with Crippen LogP contribution in [0.3, 0.4) is 0 Å². The molecule has 0 spiro atoms. The maximum Gasteiger partial charge on any atom is 0.263 e. The van der Waals surface area contributed by atoms with Crippen molar-refractivity contribution in [2.24, 2.45) is 5.16 Å². The Balaban J connectivity index is 1.89. The highest BCUT2D eigenvalue weighted by molar-refractivity contribution is 7.91. The van der Waals surface area contributed by atoms with Crippen LogP contribution in [0.15, 0.2) is 29.4 Å². The van der Waals surface area contributed by atoms with Crippen LogP contribution in [0.25, 0.3) is 0 Å². The summed E-state index contributed by atoms with van der Waals surface area (Å²) in [6, 6.07) is 7.77. The Morgan fingerprint density at radius 1 is 1.30 bits per heavy atom. The van der Waals surface area contributed by atoms with Crippen molar-refractivity contribution in [3.63, 3.8) is 0 Å². The fourth-order valence-corrected chi connectivity index (χ4v) is 4.85. The third kappa shape index (κ3) is 6.34. The Morgan fingerprint density at radius 3 is 2.48 bits per heavy atom. The summed E-state index contributed by atoms with van der Waals surface area (Å²) in [6.45, 7) is 8.77. The van der Waals surface area contributed by atoms with Gasteiger partial charge in [-0.3, -0.25) is 4.79 Å². The predicted molar refractivity (Wildman–Crippen MR) is 108 cm³/mol. The van der Waals surface area contributed by atoms with Gasteiger partial charge in [-0.15, -0.1) is 0 Å². The van der Waals surface area contributed by atoms with Gasteiger partial charge >= 0.3 is 0 Å². The maximum absolute atomic E-state index is 12.4. The van der Waals surface area contributed by atoms with E-state index in [1.54, 1.807) is 11.1 Å². The Labute approximate surface area is 162 Å². The number of rotatable bonds is 7. The van der Waals surface area contributed by atoms with Crippen molar-refractivity contribution in [1.29, 1.82) is 0 Å². The molecule has 0 radical (unpaired) electrons. The molecule has 2 rings (SSSR count). The Kier molecular flexibility index (Phi) is 7.03. The molecule has 1 fully saturated rings. The van der Waals surface area contributed by atoms with Crippen molar-refractivity contribution in [3.8, 4) is 0 Å². The monoisotopic (exact) mass is 394 g/mol. The SMILES string of the molecule is CCCN(C(=O)CON=Cc1ccc(C(C)(C)C)cc1)C1CCS(=O)(=O)C1. The summed E-state index contributed by atoms with van der Waals surface area (Å²) < 4.78 is 23.4. The lowest BCUT2D eigenvalue weighted by molar-refractivity contribution is -0.138. The number of nitrogens with zero attached hydrogens (tertiary/aromatic N) is 2. The lowest BCUT2D eigenvalue weighted by atomic mass is 9.87. The van der Waals surface area contributed by atoms with Gasteiger partial charge in [0.1, 0.15) is 0 Å². The third-order valence-corrected chi connectivity index (χ3v) is 6.43. The summed E-state index contributed by atoms with van der Waals surface area (Å²) in [6.07, 6.45) is 2.84. The number of hydrogen-bond donors (Lipinski definition) is 0. The molecule has 1 heterocycles. The van der Waals surface area contributed by atoms with Gasteiger partial charge in [0.25, 0.3) is 5.91 Å². The minimum absolute atomic E-state index is 0.0438. The van der Waals surface area contributed by atoms with Gasteiger partial charge in [0.2, 0.25) is 0 Å². The van der Waals surface area contributed by atoms with Gasteiger partial charge in [-0.1, -0.05) is 57.1 Å². The van der Waals surface area contributed by atoms with E-state index in [-0.39, 0.29) is 35.5 Å². The smallest absolute Gasteiger partial charge is 0.263 e. The molecule has 1 amide bonds. The molecule has 27 heavy (non-hydrogen) atoms. The van der Waals surface area contributed by atoms with Crippen molar-refractivity contribution in [3.05, 3.63) is 35.4 Å². The Hall–Kier alpha value is -1.89. The first-order chi connectivity index (χ1) is 12.6. The first-order valence-corrected chi connectivity index (χ1v) is 11.2. The highest BCUT2D eigenvalue weighted by atomic mass is 32.2. The molecule has 6 nitrogen and oxygen atoms in total. The van der Waals surface area contributed by atoms with Crippen LogP contribution < -0.4 is 0 Å². The minimum atomic E-state index is -3.03. The molecule has 1 unspecified atom stereocenters. The standard InChI is InChI=1S/C20H30N2O4S/c1-5-11-22(18-10-12-27(24,25)15-18)19(23)14-26-21-13-16-6-8-17(9-7-16)20(2,3)4/h6-9,13,18H,5,10-12,14-15H2,1-4H3. The lowest BCUT2D eigenvalue weighted by Crippen LogP contribution is -2.43. The summed E-state index contributed by atoms with van der Waals surface area (Å²) >= 11 is 0. The Morgan fingerprint density at radius 2 is 1.96 bits per heavy atom. The van der Waals surface area contributed by atoms with Crippen LogP contribution in [0.5, 0.6) is 0 Å². The molecular formula is C20H30N2O4S. The van der Waals surface area contributed by atoms with E-state index in [1.807, 2.05) is 19.1 Å². The molecule has 1 aliphatic rings. The summed E-state index contributed by atoms with van der Waals surface area (Å²) in [5, 5.41) is 3.88. The van der Waals surface area contributed by atoms with Crippen molar-refractivity contribution < 1.29 is 18.0 Å². The van der Waals surface area contributed by atoms with Crippen LogP contribution in [0.4, 0.5) is 0 Å². The molecule has 1 aliphatic heterocycles. The van der Waals surface area contributed by atoms with E-state index in [0.29, 0.717) is 13.0 Å². The number of sulfone groups is 1. The first kappa shape index (κ1) is 21.4. The maximum atomic E-state index is 12.4. The third-order valence-electron chi connectivity index (χ3n) is 4.68.